The van der Waals surface area contributed by atoms with Gasteiger partial charge in [0.15, 0.2) is 0 Å². The van der Waals surface area contributed by atoms with Gasteiger partial charge in [0.25, 0.3) is 0 Å². The largest absolute Gasteiger partial charge is 0.0651 e. The van der Waals surface area contributed by atoms with Gasteiger partial charge in [-0.15, -0.1) is 0 Å². The molecular formula is C17H36. The van der Waals surface area contributed by atoms with Crippen LogP contribution in [0.1, 0.15) is 75.2 Å². The van der Waals surface area contributed by atoms with E-state index in [1.54, 1.807) is 0 Å². The lowest BCUT2D eigenvalue weighted by molar-refractivity contribution is 0.126. The Morgan fingerprint density at radius 2 is 1.35 bits per heavy atom. The minimum atomic E-state index is 0.447. The molecule has 0 saturated carbocycles. The smallest absolute Gasteiger partial charge is 0.0357 e. The fourth-order valence-electron chi connectivity index (χ4n) is 2.65. The van der Waals surface area contributed by atoms with Crippen molar-refractivity contribution in [3.63, 3.8) is 0 Å². The highest BCUT2D eigenvalue weighted by atomic mass is 14.3. The van der Waals surface area contributed by atoms with Crippen LogP contribution in [-0.2, 0) is 0 Å². The molecule has 0 aliphatic heterocycles. The van der Waals surface area contributed by atoms with Crippen LogP contribution in [0.3, 0.4) is 0 Å². The minimum Gasteiger partial charge on any atom is -0.0651 e. The number of hydrogen-bond donors (Lipinski definition) is 0. The zero-order chi connectivity index (χ0) is 13.8. The van der Waals surface area contributed by atoms with E-state index >= 15 is 0 Å². The molecule has 0 saturated heterocycles. The third-order valence-electron chi connectivity index (χ3n) is 5.18. The first-order valence-corrected chi connectivity index (χ1v) is 7.61. The van der Waals surface area contributed by atoms with E-state index in [0.717, 1.165) is 29.6 Å². The third-order valence-corrected chi connectivity index (χ3v) is 5.18. The van der Waals surface area contributed by atoms with Gasteiger partial charge in [-0.05, 0) is 41.4 Å². The Morgan fingerprint density at radius 3 is 1.65 bits per heavy atom. The SMILES string of the molecule is CCC(C)C(C)C(CC(C)C(C)(C)C)C(C)C. The third kappa shape index (κ3) is 5.44. The Hall–Kier alpha value is 0. The van der Waals surface area contributed by atoms with Gasteiger partial charge in [-0.25, -0.2) is 0 Å². The average Bonchev–Trinajstić information content (AvgIpc) is 2.21. The summed E-state index contributed by atoms with van der Waals surface area (Å²) in [5, 5.41) is 0. The van der Waals surface area contributed by atoms with Gasteiger partial charge in [0.2, 0.25) is 0 Å². The summed E-state index contributed by atoms with van der Waals surface area (Å²) in [7, 11) is 0. The molecule has 0 aromatic rings. The van der Waals surface area contributed by atoms with E-state index in [2.05, 4.69) is 62.3 Å². The lowest BCUT2D eigenvalue weighted by atomic mass is 9.68. The van der Waals surface area contributed by atoms with Crippen LogP contribution in [0.4, 0.5) is 0 Å². The molecule has 0 aliphatic rings. The van der Waals surface area contributed by atoms with Crippen molar-refractivity contribution in [2.45, 2.75) is 75.2 Å². The molecule has 0 amide bonds. The van der Waals surface area contributed by atoms with Crippen molar-refractivity contribution in [3.05, 3.63) is 0 Å². The second-order valence-corrected chi connectivity index (χ2v) is 7.66. The molecule has 0 rings (SSSR count). The highest BCUT2D eigenvalue weighted by Crippen LogP contribution is 2.38. The normalized spacial score (nSPS) is 20.1. The maximum absolute atomic E-state index is 2.47. The molecular weight excluding hydrogens is 204 g/mol. The molecule has 0 fully saturated rings. The van der Waals surface area contributed by atoms with Gasteiger partial charge in [-0.2, -0.15) is 0 Å². The van der Waals surface area contributed by atoms with E-state index in [4.69, 9.17) is 0 Å². The fraction of sp³-hybridized carbons (Fsp3) is 1.00. The maximum atomic E-state index is 2.47. The van der Waals surface area contributed by atoms with E-state index in [1.165, 1.54) is 12.8 Å². The molecule has 0 aromatic carbocycles. The van der Waals surface area contributed by atoms with Gasteiger partial charge in [-0.1, -0.05) is 68.7 Å². The quantitative estimate of drug-likeness (QED) is 0.533. The summed E-state index contributed by atoms with van der Waals surface area (Å²) < 4.78 is 0. The molecule has 0 nitrogen and oxygen atoms in total. The van der Waals surface area contributed by atoms with Gasteiger partial charge in [-0.3, -0.25) is 0 Å². The van der Waals surface area contributed by atoms with Crippen LogP contribution in [0.25, 0.3) is 0 Å². The molecule has 4 unspecified atom stereocenters. The Kier molecular flexibility index (Phi) is 6.81. The predicted molar refractivity (Wildman–Crippen MR) is 80.2 cm³/mol. The average molecular weight is 240 g/mol. The minimum absolute atomic E-state index is 0.447. The first-order chi connectivity index (χ1) is 7.61. The molecule has 0 aromatic heterocycles. The summed E-state index contributed by atoms with van der Waals surface area (Å²) in [4.78, 5) is 0. The summed E-state index contributed by atoms with van der Waals surface area (Å²) >= 11 is 0. The zero-order valence-corrected chi connectivity index (χ0v) is 13.8. The second-order valence-electron chi connectivity index (χ2n) is 7.66. The van der Waals surface area contributed by atoms with Crippen molar-refractivity contribution in [1.82, 2.24) is 0 Å². The van der Waals surface area contributed by atoms with Gasteiger partial charge in [0, 0.05) is 0 Å². The maximum Gasteiger partial charge on any atom is -0.0357 e. The fourth-order valence-corrected chi connectivity index (χ4v) is 2.65. The molecule has 0 radical (unpaired) electrons. The molecule has 0 heterocycles. The lowest BCUT2D eigenvalue weighted by Gasteiger charge is -2.37. The number of rotatable bonds is 6. The van der Waals surface area contributed by atoms with Crippen LogP contribution < -0.4 is 0 Å². The van der Waals surface area contributed by atoms with Crippen molar-refractivity contribution in [1.29, 1.82) is 0 Å². The van der Waals surface area contributed by atoms with Crippen molar-refractivity contribution < 1.29 is 0 Å². The molecule has 104 valence electrons. The Labute approximate surface area is 111 Å². The van der Waals surface area contributed by atoms with E-state index < -0.39 is 0 Å². The molecule has 0 bridgehead atoms. The highest BCUT2D eigenvalue weighted by Gasteiger charge is 2.30. The Balaban J connectivity index is 4.65. The first kappa shape index (κ1) is 17.0. The van der Waals surface area contributed by atoms with Crippen molar-refractivity contribution >= 4 is 0 Å². The van der Waals surface area contributed by atoms with Gasteiger partial charge >= 0.3 is 0 Å². The lowest BCUT2D eigenvalue weighted by Crippen LogP contribution is -2.29. The van der Waals surface area contributed by atoms with Crippen LogP contribution in [0.2, 0.25) is 0 Å². The van der Waals surface area contributed by atoms with E-state index in [0.29, 0.717) is 5.41 Å². The number of hydrogen-bond acceptors (Lipinski definition) is 0. The second kappa shape index (κ2) is 6.81. The van der Waals surface area contributed by atoms with Crippen LogP contribution >= 0.6 is 0 Å². The molecule has 0 heteroatoms. The van der Waals surface area contributed by atoms with Gasteiger partial charge < -0.3 is 0 Å². The van der Waals surface area contributed by atoms with Crippen molar-refractivity contribution in [2.24, 2.45) is 35.0 Å². The van der Waals surface area contributed by atoms with Crippen LogP contribution in [-0.4, -0.2) is 0 Å². The first-order valence-electron chi connectivity index (χ1n) is 7.61. The summed E-state index contributed by atoms with van der Waals surface area (Å²) in [6.45, 7) is 21.6. The Morgan fingerprint density at radius 1 is 0.882 bits per heavy atom. The zero-order valence-electron chi connectivity index (χ0n) is 13.8. The molecule has 0 aliphatic carbocycles. The monoisotopic (exact) mass is 240 g/mol. The molecule has 4 atom stereocenters. The molecule has 0 spiro atoms. The molecule has 0 N–H and O–H groups in total. The summed E-state index contributed by atoms with van der Waals surface area (Å²) in [5.74, 6) is 4.20. The Bertz CT molecular complexity index is 197. The van der Waals surface area contributed by atoms with E-state index in [1.807, 2.05) is 0 Å². The summed E-state index contributed by atoms with van der Waals surface area (Å²) in [5.41, 5.74) is 0.447. The summed E-state index contributed by atoms with van der Waals surface area (Å²) in [6, 6.07) is 0. The van der Waals surface area contributed by atoms with Crippen LogP contribution in [0.15, 0.2) is 0 Å². The topological polar surface area (TPSA) is 0 Å². The van der Waals surface area contributed by atoms with Crippen molar-refractivity contribution in [3.8, 4) is 0 Å². The van der Waals surface area contributed by atoms with E-state index in [-0.39, 0.29) is 0 Å². The predicted octanol–water partition coefficient (Wildman–Crippen LogP) is 6.01. The van der Waals surface area contributed by atoms with Crippen LogP contribution in [0.5, 0.6) is 0 Å². The highest BCUT2D eigenvalue weighted by molar-refractivity contribution is 4.79. The van der Waals surface area contributed by atoms with E-state index in [9.17, 15) is 0 Å². The van der Waals surface area contributed by atoms with Crippen LogP contribution in [0, 0.1) is 35.0 Å². The standard InChI is InChI=1S/C17H36/c1-10-13(4)15(6)16(12(2)3)11-14(5)17(7,8)9/h12-16H,10-11H2,1-9H3. The van der Waals surface area contributed by atoms with Gasteiger partial charge in [0.1, 0.15) is 0 Å². The van der Waals surface area contributed by atoms with Crippen molar-refractivity contribution in [2.75, 3.05) is 0 Å². The summed E-state index contributed by atoms with van der Waals surface area (Å²) in [6.07, 6.45) is 2.70. The molecule has 17 heavy (non-hydrogen) atoms. The van der Waals surface area contributed by atoms with Gasteiger partial charge in [0.05, 0.1) is 0 Å².